The van der Waals surface area contributed by atoms with Crippen LogP contribution >= 0.6 is 0 Å². The molecule has 114 valence electrons. The second kappa shape index (κ2) is 8.34. The molecule has 2 N–H and O–H groups in total. The molecule has 0 unspecified atom stereocenters. The molecule has 1 fully saturated rings. The molecule has 1 saturated heterocycles. The van der Waals surface area contributed by atoms with Gasteiger partial charge in [0.15, 0.2) is 0 Å². The van der Waals surface area contributed by atoms with Crippen molar-refractivity contribution in [2.45, 2.75) is 51.7 Å². The lowest BCUT2D eigenvalue weighted by Gasteiger charge is -2.32. The highest BCUT2D eigenvalue weighted by Crippen LogP contribution is 2.11. The number of likely N-dealkylation sites (tertiary alicyclic amines) is 1. The maximum absolute atomic E-state index is 8.84. The number of rotatable bonds is 8. The third-order valence-electron chi connectivity index (χ3n) is 3.90. The van der Waals surface area contributed by atoms with Gasteiger partial charge < -0.3 is 15.3 Å². The molecule has 2 heterocycles. The van der Waals surface area contributed by atoms with Crippen LogP contribution in [-0.4, -0.2) is 57.3 Å². The van der Waals surface area contributed by atoms with Gasteiger partial charge in [-0.05, 0) is 38.9 Å². The minimum Gasteiger partial charge on any atom is -0.394 e. The van der Waals surface area contributed by atoms with Crippen LogP contribution in [0.3, 0.4) is 0 Å². The van der Waals surface area contributed by atoms with Gasteiger partial charge in [-0.3, -0.25) is 0 Å². The Morgan fingerprint density at radius 3 is 2.85 bits per heavy atom. The van der Waals surface area contributed by atoms with Gasteiger partial charge in [0.25, 0.3) is 0 Å². The number of nitrogens with zero attached hydrogens (tertiary/aromatic N) is 4. The van der Waals surface area contributed by atoms with E-state index in [1.807, 2.05) is 6.20 Å². The van der Waals surface area contributed by atoms with Crippen molar-refractivity contribution in [3.8, 4) is 0 Å². The molecule has 0 radical (unpaired) electrons. The minimum atomic E-state index is 0.104. The van der Waals surface area contributed by atoms with E-state index < -0.39 is 0 Å². The first-order valence-electron chi connectivity index (χ1n) is 7.77. The molecular weight excluding hydrogens is 254 g/mol. The van der Waals surface area contributed by atoms with E-state index in [2.05, 4.69) is 27.5 Å². The molecule has 6 heteroatoms. The molecule has 2 rings (SSSR count). The smallest absolute Gasteiger partial charge is 0.0964 e. The van der Waals surface area contributed by atoms with E-state index in [0.717, 1.165) is 12.2 Å². The first-order valence-corrected chi connectivity index (χ1v) is 7.77. The fraction of sp³-hybridized carbons (Fsp3) is 0.857. The van der Waals surface area contributed by atoms with E-state index in [-0.39, 0.29) is 6.61 Å². The van der Waals surface area contributed by atoms with E-state index in [0.29, 0.717) is 12.6 Å². The second-order valence-corrected chi connectivity index (χ2v) is 5.55. The molecule has 0 aromatic carbocycles. The summed E-state index contributed by atoms with van der Waals surface area (Å²) in [6, 6.07) is 0.593. The Morgan fingerprint density at radius 1 is 1.35 bits per heavy atom. The van der Waals surface area contributed by atoms with Gasteiger partial charge in [0.2, 0.25) is 0 Å². The molecule has 20 heavy (non-hydrogen) atoms. The van der Waals surface area contributed by atoms with E-state index in [9.17, 15) is 0 Å². The number of hydrogen-bond acceptors (Lipinski definition) is 5. The third kappa shape index (κ3) is 4.85. The van der Waals surface area contributed by atoms with Gasteiger partial charge >= 0.3 is 0 Å². The predicted octanol–water partition coefficient (Wildman–Crippen LogP) is 0.624. The van der Waals surface area contributed by atoms with Gasteiger partial charge in [-0.1, -0.05) is 18.6 Å². The van der Waals surface area contributed by atoms with Crippen LogP contribution in [0, 0.1) is 0 Å². The lowest BCUT2D eigenvalue weighted by atomic mass is 10.0. The standard InChI is InChI=1S/C14H27N5O/c1-2-3-6-18-7-4-13(5-8-18)15-11-14-12-19(9-10-20)17-16-14/h12-13,15,20H,2-11H2,1H3. The molecular formula is C14H27N5O. The molecule has 1 aromatic heterocycles. The first-order chi connectivity index (χ1) is 9.81. The Bertz CT molecular complexity index is 373. The fourth-order valence-corrected chi connectivity index (χ4v) is 2.62. The van der Waals surface area contributed by atoms with E-state index in [1.165, 1.54) is 45.3 Å². The minimum absolute atomic E-state index is 0.104. The number of nitrogens with one attached hydrogen (secondary N) is 1. The van der Waals surface area contributed by atoms with Crippen molar-refractivity contribution < 1.29 is 5.11 Å². The van der Waals surface area contributed by atoms with E-state index >= 15 is 0 Å². The van der Waals surface area contributed by atoms with Gasteiger partial charge in [0.05, 0.1) is 18.8 Å². The monoisotopic (exact) mass is 281 g/mol. The summed E-state index contributed by atoms with van der Waals surface area (Å²) >= 11 is 0. The largest absolute Gasteiger partial charge is 0.394 e. The number of hydrogen-bond donors (Lipinski definition) is 2. The number of aliphatic hydroxyl groups is 1. The van der Waals surface area contributed by atoms with Gasteiger partial charge in [0.1, 0.15) is 0 Å². The van der Waals surface area contributed by atoms with Crippen LogP contribution in [0.5, 0.6) is 0 Å². The van der Waals surface area contributed by atoms with Crippen molar-refractivity contribution in [3.05, 3.63) is 11.9 Å². The normalized spacial score (nSPS) is 17.7. The molecule has 6 nitrogen and oxygen atoms in total. The zero-order valence-corrected chi connectivity index (χ0v) is 12.5. The van der Waals surface area contributed by atoms with Crippen LogP contribution < -0.4 is 5.32 Å². The lowest BCUT2D eigenvalue weighted by Crippen LogP contribution is -2.42. The predicted molar refractivity (Wildman–Crippen MR) is 78.3 cm³/mol. The first kappa shape index (κ1) is 15.4. The molecule has 0 bridgehead atoms. The molecule has 1 aliphatic heterocycles. The summed E-state index contributed by atoms with van der Waals surface area (Å²) in [5.41, 5.74) is 0.951. The number of unbranched alkanes of at least 4 members (excludes halogenated alkanes) is 1. The highest BCUT2D eigenvalue weighted by molar-refractivity contribution is 4.92. The van der Waals surface area contributed by atoms with Gasteiger partial charge in [-0.2, -0.15) is 0 Å². The topological polar surface area (TPSA) is 66.2 Å². The number of piperidine rings is 1. The molecule has 1 aromatic rings. The van der Waals surface area contributed by atoms with Gasteiger partial charge in [-0.25, -0.2) is 4.68 Å². The zero-order chi connectivity index (χ0) is 14.2. The summed E-state index contributed by atoms with van der Waals surface area (Å²) < 4.78 is 1.68. The lowest BCUT2D eigenvalue weighted by molar-refractivity contribution is 0.194. The molecule has 0 spiro atoms. The van der Waals surface area contributed by atoms with Crippen molar-refractivity contribution in [1.29, 1.82) is 0 Å². The van der Waals surface area contributed by atoms with Crippen molar-refractivity contribution in [3.63, 3.8) is 0 Å². The molecule has 0 atom stereocenters. The van der Waals surface area contributed by atoms with E-state index in [1.54, 1.807) is 4.68 Å². The van der Waals surface area contributed by atoms with Crippen LogP contribution in [0.1, 0.15) is 38.3 Å². The average Bonchev–Trinajstić information content (AvgIpc) is 2.92. The zero-order valence-electron chi connectivity index (χ0n) is 12.5. The Hall–Kier alpha value is -0.980. The Kier molecular flexibility index (Phi) is 6.42. The van der Waals surface area contributed by atoms with Crippen LogP contribution in [0.25, 0.3) is 0 Å². The van der Waals surface area contributed by atoms with Crippen molar-refractivity contribution in [2.24, 2.45) is 0 Å². The molecule has 0 amide bonds. The summed E-state index contributed by atoms with van der Waals surface area (Å²) in [6.45, 7) is 7.29. The summed E-state index contributed by atoms with van der Waals surface area (Å²) in [4.78, 5) is 2.57. The average molecular weight is 281 g/mol. The SMILES string of the molecule is CCCCN1CCC(NCc2cn(CCO)nn2)CC1. The summed E-state index contributed by atoms with van der Waals surface area (Å²) in [7, 11) is 0. The van der Waals surface area contributed by atoms with Crippen molar-refractivity contribution >= 4 is 0 Å². The van der Waals surface area contributed by atoms with E-state index in [4.69, 9.17) is 5.11 Å². The van der Waals surface area contributed by atoms with Crippen LogP contribution in [0.4, 0.5) is 0 Å². The van der Waals surface area contributed by atoms with Crippen LogP contribution in [-0.2, 0) is 13.1 Å². The van der Waals surface area contributed by atoms with Crippen molar-refractivity contribution in [2.75, 3.05) is 26.2 Å². The van der Waals surface area contributed by atoms with Gasteiger partial charge in [-0.15, -0.1) is 5.10 Å². The van der Waals surface area contributed by atoms with Gasteiger partial charge in [0, 0.05) is 18.8 Å². The highest BCUT2D eigenvalue weighted by atomic mass is 16.3. The Balaban J connectivity index is 1.65. The maximum Gasteiger partial charge on any atom is 0.0964 e. The van der Waals surface area contributed by atoms with Crippen LogP contribution in [0.15, 0.2) is 6.20 Å². The quantitative estimate of drug-likeness (QED) is 0.731. The van der Waals surface area contributed by atoms with Crippen molar-refractivity contribution in [1.82, 2.24) is 25.2 Å². The molecule has 1 aliphatic rings. The van der Waals surface area contributed by atoms with Crippen LogP contribution in [0.2, 0.25) is 0 Å². The molecule has 0 saturated carbocycles. The molecule has 0 aliphatic carbocycles. The second-order valence-electron chi connectivity index (χ2n) is 5.55. The fourth-order valence-electron chi connectivity index (χ4n) is 2.62. The summed E-state index contributed by atoms with van der Waals surface area (Å²) in [6.07, 6.45) is 6.93. The number of aromatic nitrogens is 3. The number of aliphatic hydroxyl groups excluding tert-OH is 1. The summed E-state index contributed by atoms with van der Waals surface area (Å²) in [5.74, 6) is 0. The maximum atomic E-state index is 8.84. The highest BCUT2D eigenvalue weighted by Gasteiger charge is 2.18. The summed E-state index contributed by atoms with van der Waals surface area (Å²) in [5, 5.41) is 20.5. The Morgan fingerprint density at radius 2 is 2.15 bits per heavy atom. The third-order valence-corrected chi connectivity index (χ3v) is 3.90. The Labute approximate surface area is 121 Å².